The topological polar surface area (TPSA) is 47.6 Å². The number of hydrogen-bond acceptors (Lipinski definition) is 4. The van der Waals surface area contributed by atoms with Crippen molar-refractivity contribution in [2.24, 2.45) is 11.3 Å². The van der Waals surface area contributed by atoms with E-state index in [1.54, 1.807) is 18.9 Å². The highest BCUT2D eigenvalue weighted by Gasteiger charge is 2.18. The van der Waals surface area contributed by atoms with Crippen molar-refractivity contribution < 1.29 is 14.3 Å². The van der Waals surface area contributed by atoms with Gasteiger partial charge in [0.05, 0.1) is 7.11 Å². The van der Waals surface area contributed by atoms with Crippen molar-refractivity contribution in [3.8, 4) is 5.75 Å². The number of rotatable bonds is 9. The van der Waals surface area contributed by atoms with Crippen molar-refractivity contribution in [3.63, 3.8) is 0 Å². The Kier molecular flexibility index (Phi) is 9.06. The minimum absolute atomic E-state index is 0.0347. The molecule has 1 amide bonds. The van der Waals surface area contributed by atoms with Crippen molar-refractivity contribution >= 4 is 23.4 Å². The SMILES string of the molecule is COc1ccc(CSc2ccc(CCC3CCOCC3)c(NC(=O)CC(C)(C)C)c2)cc1. The minimum atomic E-state index is -0.0347. The Morgan fingerprint density at radius 3 is 2.50 bits per heavy atom. The highest BCUT2D eigenvalue weighted by molar-refractivity contribution is 7.98. The van der Waals surface area contributed by atoms with E-state index in [1.807, 2.05) is 12.1 Å². The summed E-state index contributed by atoms with van der Waals surface area (Å²) in [6.07, 6.45) is 4.92. The van der Waals surface area contributed by atoms with Crippen molar-refractivity contribution in [1.29, 1.82) is 0 Å². The molecule has 32 heavy (non-hydrogen) atoms. The first-order valence-electron chi connectivity index (χ1n) is 11.6. The maximum atomic E-state index is 12.7. The lowest BCUT2D eigenvalue weighted by Gasteiger charge is -2.23. The van der Waals surface area contributed by atoms with E-state index < -0.39 is 0 Å². The number of carbonyl (C=O) groups excluding carboxylic acids is 1. The third-order valence-corrected chi connectivity index (χ3v) is 6.84. The molecule has 1 aliphatic heterocycles. The Bertz CT molecular complexity index is 867. The Morgan fingerprint density at radius 1 is 1.12 bits per heavy atom. The number of carbonyl (C=O) groups is 1. The summed E-state index contributed by atoms with van der Waals surface area (Å²) in [5, 5.41) is 3.21. The van der Waals surface area contributed by atoms with Gasteiger partial charge in [0.25, 0.3) is 0 Å². The van der Waals surface area contributed by atoms with E-state index in [0.717, 1.165) is 56.1 Å². The largest absolute Gasteiger partial charge is 0.497 e. The molecular formula is C27H37NO3S. The quantitative estimate of drug-likeness (QED) is 0.426. The average molecular weight is 456 g/mol. The standard InChI is InChI=1S/C27H37NO3S/c1-27(2,3)18-26(29)28-25-17-24(32-19-21-6-10-23(30-4)11-7-21)12-9-22(25)8-5-20-13-15-31-16-14-20/h6-7,9-12,17,20H,5,8,13-16,18-19H2,1-4H3,(H,28,29). The van der Waals surface area contributed by atoms with Gasteiger partial charge in [0.15, 0.2) is 0 Å². The van der Waals surface area contributed by atoms with E-state index in [4.69, 9.17) is 9.47 Å². The molecule has 174 valence electrons. The Morgan fingerprint density at radius 2 is 1.84 bits per heavy atom. The summed E-state index contributed by atoms with van der Waals surface area (Å²) < 4.78 is 10.7. The number of thioether (sulfide) groups is 1. The van der Waals surface area contributed by atoms with Crippen LogP contribution in [0.5, 0.6) is 5.75 Å². The molecule has 0 spiro atoms. The van der Waals surface area contributed by atoms with E-state index in [9.17, 15) is 4.79 Å². The first-order chi connectivity index (χ1) is 15.3. The van der Waals surface area contributed by atoms with E-state index in [2.05, 4.69) is 56.4 Å². The van der Waals surface area contributed by atoms with Gasteiger partial charge >= 0.3 is 0 Å². The van der Waals surface area contributed by atoms with Gasteiger partial charge in [0, 0.05) is 36.0 Å². The van der Waals surface area contributed by atoms with Crippen LogP contribution in [0.25, 0.3) is 0 Å². The number of amides is 1. The lowest BCUT2D eigenvalue weighted by atomic mass is 9.91. The predicted molar refractivity (Wildman–Crippen MR) is 134 cm³/mol. The molecule has 1 N–H and O–H groups in total. The number of benzene rings is 2. The maximum Gasteiger partial charge on any atom is 0.224 e. The van der Waals surface area contributed by atoms with Crippen molar-refractivity contribution in [2.45, 2.75) is 63.5 Å². The lowest BCUT2D eigenvalue weighted by molar-refractivity contribution is -0.117. The summed E-state index contributed by atoms with van der Waals surface area (Å²) in [5.41, 5.74) is 3.41. The zero-order valence-corrected chi connectivity index (χ0v) is 20.7. The van der Waals surface area contributed by atoms with Gasteiger partial charge in [-0.1, -0.05) is 39.0 Å². The van der Waals surface area contributed by atoms with Gasteiger partial charge in [-0.05, 0) is 72.4 Å². The van der Waals surface area contributed by atoms with Gasteiger partial charge < -0.3 is 14.8 Å². The zero-order chi connectivity index (χ0) is 23.0. The zero-order valence-electron chi connectivity index (χ0n) is 19.9. The Labute approximate surface area is 197 Å². The third kappa shape index (κ3) is 8.18. The fourth-order valence-corrected chi connectivity index (χ4v) is 4.83. The molecule has 2 aromatic rings. The van der Waals surface area contributed by atoms with Crippen LogP contribution in [-0.4, -0.2) is 26.2 Å². The van der Waals surface area contributed by atoms with Crippen LogP contribution in [0.1, 0.15) is 57.6 Å². The molecular weight excluding hydrogens is 418 g/mol. The van der Waals surface area contributed by atoms with Crippen LogP contribution in [0, 0.1) is 11.3 Å². The molecule has 0 saturated carbocycles. The Balaban J connectivity index is 1.69. The second kappa shape index (κ2) is 11.8. The normalized spacial score (nSPS) is 14.9. The molecule has 2 aromatic carbocycles. The second-order valence-corrected chi connectivity index (χ2v) is 10.9. The van der Waals surface area contributed by atoms with Crippen LogP contribution in [0.2, 0.25) is 0 Å². The summed E-state index contributed by atoms with van der Waals surface area (Å²) in [7, 11) is 1.68. The number of hydrogen-bond donors (Lipinski definition) is 1. The van der Waals surface area contributed by atoms with Gasteiger partial charge in [-0.25, -0.2) is 0 Å². The average Bonchev–Trinajstić information content (AvgIpc) is 2.77. The molecule has 0 unspecified atom stereocenters. The van der Waals surface area contributed by atoms with Crippen LogP contribution in [-0.2, 0) is 21.7 Å². The number of anilines is 1. The monoisotopic (exact) mass is 455 g/mol. The first-order valence-corrected chi connectivity index (χ1v) is 12.6. The van der Waals surface area contributed by atoms with Crippen molar-refractivity contribution in [3.05, 3.63) is 53.6 Å². The second-order valence-electron chi connectivity index (χ2n) is 9.84. The van der Waals surface area contributed by atoms with Crippen LogP contribution in [0.3, 0.4) is 0 Å². The van der Waals surface area contributed by atoms with E-state index >= 15 is 0 Å². The molecule has 1 aliphatic rings. The summed E-state index contributed by atoms with van der Waals surface area (Å²) in [6, 6.07) is 14.7. The molecule has 0 aromatic heterocycles. The highest BCUT2D eigenvalue weighted by atomic mass is 32.2. The van der Waals surface area contributed by atoms with Crippen molar-refractivity contribution in [1.82, 2.24) is 0 Å². The number of nitrogens with one attached hydrogen (secondary N) is 1. The predicted octanol–water partition coefficient (Wildman–Crippen LogP) is 6.72. The van der Waals surface area contributed by atoms with Crippen molar-refractivity contribution in [2.75, 3.05) is 25.6 Å². The van der Waals surface area contributed by atoms with Gasteiger partial charge in [-0.15, -0.1) is 11.8 Å². The third-order valence-electron chi connectivity index (χ3n) is 5.77. The molecule has 3 rings (SSSR count). The van der Waals surface area contributed by atoms with Crippen LogP contribution in [0.15, 0.2) is 47.4 Å². The molecule has 0 bridgehead atoms. The highest BCUT2D eigenvalue weighted by Crippen LogP contribution is 2.31. The van der Waals surface area contributed by atoms with Crippen LogP contribution in [0.4, 0.5) is 5.69 Å². The van der Waals surface area contributed by atoms with Gasteiger partial charge in [-0.3, -0.25) is 4.79 Å². The van der Waals surface area contributed by atoms with Gasteiger partial charge in [0.1, 0.15) is 5.75 Å². The molecule has 0 aliphatic carbocycles. The fraction of sp³-hybridized carbons (Fsp3) is 0.519. The molecule has 1 heterocycles. The van der Waals surface area contributed by atoms with Gasteiger partial charge in [0.2, 0.25) is 5.91 Å². The molecule has 5 heteroatoms. The number of ether oxygens (including phenoxy) is 2. The van der Waals surface area contributed by atoms with Crippen LogP contribution >= 0.6 is 11.8 Å². The lowest BCUT2D eigenvalue weighted by Crippen LogP contribution is -2.20. The smallest absolute Gasteiger partial charge is 0.224 e. The molecule has 0 radical (unpaired) electrons. The number of methoxy groups -OCH3 is 1. The molecule has 0 atom stereocenters. The summed E-state index contributed by atoms with van der Waals surface area (Å²) >= 11 is 1.79. The summed E-state index contributed by atoms with van der Waals surface area (Å²) in [6.45, 7) is 8.04. The van der Waals surface area contributed by atoms with E-state index in [1.165, 1.54) is 16.0 Å². The molecule has 4 nitrogen and oxygen atoms in total. The first kappa shape index (κ1) is 24.7. The Hall–Kier alpha value is -1.98. The van der Waals surface area contributed by atoms with Crippen LogP contribution < -0.4 is 10.1 Å². The van der Waals surface area contributed by atoms with Gasteiger partial charge in [-0.2, -0.15) is 0 Å². The minimum Gasteiger partial charge on any atom is -0.497 e. The fourth-order valence-electron chi connectivity index (χ4n) is 3.94. The molecule has 1 saturated heterocycles. The number of aryl methyl sites for hydroxylation is 1. The molecule has 1 fully saturated rings. The van der Waals surface area contributed by atoms with E-state index in [-0.39, 0.29) is 11.3 Å². The summed E-state index contributed by atoms with van der Waals surface area (Å²) in [4.78, 5) is 13.9. The maximum absolute atomic E-state index is 12.7. The van der Waals surface area contributed by atoms with E-state index in [0.29, 0.717) is 12.3 Å². The summed E-state index contributed by atoms with van der Waals surface area (Å²) in [5.74, 6) is 2.55.